The van der Waals surface area contributed by atoms with E-state index in [2.05, 4.69) is 88.4 Å². The molecule has 0 fully saturated rings. The topological polar surface area (TPSA) is 29.5 Å². The zero-order valence-corrected chi connectivity index (χ0v) is 16.3. The lowest BCUT2D eigenvalue weighted by molar-refractivity contribution is 0.177. The van der Waals surface area contributed by atoms with Gasteiger partial charge in [-0.05, 0) is 35.2 Å². The molecule has 0 amide bonds. The first-order valence-electron chi connectivity index (χ1n) is 8.81. The van der Waals surface area contributed by atoms with Gasteiger partial charge in [0.15, 0.2) is 0 Å². The highest BCUT2D eigenvalue weighted by Gasteiger charge is 2.50. The van der Waals surface area contributed by atoms with Gasteiger partial charge in [-0.1, -0.05) is 81.4 Å². The van der Waals surface area contributed by atoms with Crippen LogP contribution in [-0.2, 0) is 4.43 Å². The van der Waals surface area contributed by atoms with Crippen LogP contribution in [0, 0.1) is 0 Å². The minimum atomic E-state index is -2.44. The summed E-state index contributed by atoms with van der Waals surface area (Å²) in [6, 6.07) is 21.4. The van der Waals surface area contributed by atoms with Gasteiger partial charge in [0, 0.05) is 12.7 Å². The number of aliphatic hydroxyl groups excluding tert-OH is 1. The number of aliphatic hydroxyl groups is 1. The second kappa shape index (κ2) is 8.10. The molecule has 130 valence electrons. The predicted octanol–water partition coefficient (Wildman–Crippen LogP) is 3.72. The summed E-state index contributed by atoms with van der Waals surface area (Å²) >= 11 is 0. The molecule has 0 heterocycles. The third-order valence-corrected chi connectivity index (χ3v) is 9.72. The lowest BCUT2D eigenvalue weighted by Gasteiger charge is -2.44. The Bertz CT molecular complexity index is 565. The molecule has 1 N–H and O–H groups in total. The van der Waals surface area contributed by atoms with E-state index in [1.165, 1.54) is 10.4 Å². The molecule has 1 atom stereocenters. The maximum Gasteiger partial charge on any atom is 0.261 e. The Kier molecular flexibility index (Phi) is 6.38. The van der Waals surface area contributed by atoms with E-state index in [0.717, 1.165) is 12.8 Å². The van der Waals surface area contributed by atoms with E-state index >= 15 is 0 Å². The third-order valence-electron chi connectivity index (χ3n) is 4.56. The highest BCUT2D eigenvalue weighted by molar-refractivity contribution is 6.99. The van der Waals surface area contributed by atoms with E-state index in [4.69, 9.17) is 9.53 Å². The van der Waals surface area contributed by atoms with Gasteiger partial charge in [-0.3, -0.25) is 0 Å². The van der Waals surface area contributed by atoms with Crippen molar-refractivity contribution in [2.24, 2.45) is 0 Å². The molecule has 2 nitrogen and oxygen atoms in total. The smallest absolute Gasteiger partial charge is 0.261 e. The van der Waals surface area contributed by atoms with Gasteiger partial charge in [0.2, 0.25) is 0 Å². The van der Waals surface area contributed by atoms with E-state index in [-0.39, 0.29) is 17.7 Å². The normalized spacial score (nSPS) is 13.7. The quantitative estimate of drug-likeness (QED) is 0.777. The first-order valence-corrected chi connectivity index (χ1v) is 10.7. The fourth-order valence-electron chi connectivity index (χ4n) is 3.43. The summed E-state index contributed by atoms with van der Waals surface area (Å²) in [6.45, 7) is 9.22. The van der Waals surface area contributed by atoms with Crippen molar-refractivity contribution in [3.8, 4) is 0 Å². The molecule has 0 bridgehead atoms. The summed E-state index contributed by atoms with van der Waals surface area (Å²) in [5, 5.41) is 11.8. The van der Waals surface area contributed by atoms with Crippen molar-refractivity contribution in [1.82, 2.24) is 0 Å². The van der Waals surface area contributed by atoms with Crippen molar-refractivity contribution in [1.29, 1.82) is 0 Å². The Morgan fingerprint density at radius 2 is 1.38 bits per heavy atom. The van der Waals surface area contributed by atoms with Crippen molar-refractivity contribution in [3.63, 3.8) is 0 Å². The molecule has 3 heteroatoms. The van der Waals surface area contributed by atoms with Gasteiger partial charge in [-0.25, -0.2) is 0 Å². The van der Waals surface area contributed by atoms with Crippen LogP contribution in [0.25, 0.3) is 0 Å². The zero-order valence-electron chi connectivity index (χ0n) is 15.3. The summed E-state index contributed by atoms with van der Waals surface area (Å²) in [7, 11) is -2.44. The average molecular weight is 343 g/mol. The van der Waals surface area contributed by atoms with Gasteiger partial charge in [0.1, 0.15) is 0 Å². The second-order valence-electron chi connectivity index (χ2n) is 7.46. The number of hydrogen-bond donors (Lipinski definition) is 1. The lowest BCUT2D eigenvalue weighted by Crippen LogP contribution is -2.67. The fraction of sp³-hybridized carbons (Fsp3) is 0.429. The van der Waals surface area contributed by atoms with E-state index in [9.17, 15) is 0 Å². The number of rotatable bonds is 7. The monoisotopic (exact) mass is 342 g/mol. The zero-order chi connectivity index (χ0) is 17.6. The molecule has 24 heavy (non-hydrogen) atoms. The molecule has 2 rings (SSSR count). The van der Waals surface area contributed by atoms with Gasteiger partial charge in [-0.15, -0.1) is 0 Å². The van der Waals surface area contributed by atoms with Crippen molar-refractivity contribution < 1.29 is 9.53 Å². The molecule has 0 spiro atoms. The molecule has 0 aliphatic heterocycles. The Balaban J connectivity index is 2.57. The van der Waals surface area contributed by atoms with Gasteiger partial charge >= 0.3 is 0 Å². The van der Waals surface area contributed by atoms with E-state index in [0.29, 0.717) is 0 Å². The molecule has 2 aromatic carbocycles. The summed E-state index contributed by atoms with van der Waals surface area (Å²) in [5.74, 6) is 0. The molecule has 0 unspecified atom stereocenters. The third kappa shape index (κ3) is 3.97. The van der Waals surface area contributed by atoms with Crippen LogP contribution in [-0.4, -0.2) is 26.1 Å². The SMILES string of the molecule is C[C@@H](CCCO)O[Si](c1ccccc1)(c1ccccc1)C(C)(C)C. The number of hydrogen-bond acceptors (Lipinski definition) is 2. The van der Waals surface area contributed by atoms with Crippen LogP contribution < -0.4 is 10.4 Å². The molecule has 0 saturated heterocycles. The fourth-order valence-corrected chi connectivity index (χ4v) is 8.17. The highest BCUT2D eigenvalue weighted by atomic mass is 28.4. The minimum Gasteiger partial charge on any atom is -0.405 e. The first-order chi connectivity index (χ1) is 11.4. The molecular weight excluding hydrogens is 312 g/mol. The van der Waals surface area contributed by atoms with E-state index in [1.807, 2.05) is 0 Å². The number of benzene rings is 2. The summed E-state index contributed by atoms with van der Waals surface area (Å²) in [6.07, 6.45) is 1.77. The minimum absolute atomic E-state index is 0.00316. The summed E-state index contributed by atoms with van der Waals surface area (Å²) in [5.41, 5.74) is 0. The maximum absolute atomic E-state index is 9.16. The lowest BCUT2D eigenvalue weighted by atomic mass is 10.2. The highest BCUT2D eigenvalue weighted by Crippen LogP contribution is 2.37. The summed E-state index contributed by atoms with van der Waals surface area (Å²) in [4.78, 5) is 0. The van der Waals surface area contributed by atoms with Gasteiger partial charge in [-0.2, -0.15) is 0 Å². The maximum atomic E-state index is 9.16. The van der Waals surface area contributed by atoms with Crippen LogP contribution in [0.2, 0.25) is 5.04 Å². The Morgan fingerprint density at radius 3 is 1.75 bits per heavy atom. The predicted molar refractivity (Wildman–Crippen MR) is 104 cm³/mol. The van der Waals surface area contributed by atoms with Crippen LogP contribution in [0.3, 0.4) is 0 Å². The van der Waals surface area contributed by atoms with Crippen LogP contribution in [0.15, 0.2) is 60.7 Å². The summed E-state index contributed by atoms with van der Waals surface area (Å²) < 4.78 is 6.90. The second-order valence-corrected chi connectivity index (χ2v) is 11.7. The first kappa shape index (κ1) is 18.9. The van der Waals surface area contributed by atoms with Gasteiger partial charge in [0.05, 0.1) is 0 Å². The molecule has 0 aliphatic rings. The van der Waals surface area contributed by atoms with Crippen molar-refractivity contribution in [2.45, 2.75) is 51.7 Å². The van der Waals surface area contributed by atoms with Crippen molar-refractivity contribution in [3.05, 3.63) is 60.7 Å². The van der Waals surface area contributed by atoms with Crippen molar-refractivity contribution >= 4 is 18.7 Å². The van der Waals surface area contributed by atoms with Crippen LogP contribution >= 0.6 is 0 Å². The van der Waals surface area contributed by atoms with E-state index < -0.39 is 8.32 Å². The Morgan fingerprint density at radius 1 is 0.917 bits per heavy atom. The Hall–Kier alpha value is -1.42. The van der Waals surface area contributed by atoms with Crippen LogP contribution in [0.4, 0.5) is 0 Å². The molecular formula is C21H30O2Si. The largest absolute Gasteiger partial charge is 0.405 e. The van der Waals surface area contributed by atoms with Gasteiger partial charge in [0.25, 0.3) is 8.32 Å². The molecule has 0 radical (unpaired) electrons. The molecule has 2 aromatic rings. The van der Waals surface area contributed by atoms with Gasteiger partial charge < -0.3 is 9.53 Å². The molecule has 0 saturated carbocycles. The average Bonchev–Trinajstić information content (AvgIpc) is 2.58. The van der Waals surface area contributed by atoms with Crippen LogP contribution in [0.5, 0.6) is 0 Å². The van der Waals surface area contributed by atoms with Crippen LogP contribution in [0.1, 0.15) is 40.5 Å². The van der Waals surface area contributed by atoms with Crippen molar-refractivity contribution in [2.75, 3.05) is 6.61 Å². The molecule has 0 aliphatic carbocycles. The van der Waals surface area contributed by atoms with E-state index in [1.54, 1.807) is 0 Å². The Labute approximate surface area is 147 Å². The molecule has 0 aromatic heterocycles. The standard InChI is InChI=1S/C21H30O2Si/c1-18(12-11-17-22)23-24(21(2,3)4,19-13-7-5-8-14-19)20-15-9-6-10-16-20/h5-10,13-16,18,22H,11-12,17H2,1-4H3/t18-/m0/s1.